The van der Waals surface area contributed by atoms with Crippen molar-refractivity contribution >= 4 is 5.96 Å². The van der Waals surface area contributed by atoms with Gasteiger partial charge in [0.05, 0.1) is 6.54 Å². The van der Waals surface area contributed by atoms with Crippen LogP contribution in [0.25, 0.3) is 0 Å². The second-order valence-corrected chi connectivity index (χ2v) is 6.75. The maximum atomic E-state index is 4.40. The Bertz CT molecular complexity index is 507. The fraction of sp³-hybridized carbons (Fsp3) is 0.706. The highest BCUT2D eigenvalue weighted by Crippen LogP contribution is 2.32. The van der Waals surface area contributed by atoms with E-state index in [4.69, 9.17) is 0 Å². The molecule has 0 saturated carbocycles. The van der Waals surface area contributed by atoms with Gasteiger partial charge in [0.1, 0.15) is 0 Å². The zero-order valence-electron chi connectivity index (χ0n) is 14.0. The lowest BCUT2D eigenvalue weighted by atomic mass is 9.82. The summed E-state index contributed by atoms with van der Waals surface area (Å²) >= 11 is 0. The Kier molecular flexibility index (Phi) is 4.71. The molecule has 2 unspecified atom stereocenters. The van der Waals surface area contributed by atoms with Crippen LogP contribution >= 0.6 is 0 Å². The van der Waals surface area contributed by atoms with E-state index in [0.29, 0.717) is 6.04 Å². The zero-order valence-corrected chi connectivity index (χ0v) is 14.0. The molecule has 2 fully saturated rings. The molecule has 3 rings (SSSR count). The summed E-state index contributed by atoms with van der Waals surface area (Å²) < 4.78 is 2.14. The van der Waals surface area contributed by atoms with Gasteiger partial charge in [-0.05, 0) is 44.9 Å². The van der Waals surface area contributed by atoms with E-state index in [-0.39, 0.29) is 0 Å². The molecule has 3 heterocycles. The molecule has 1 aromatic rings. The Morgan fingerprint density at radius 3 is 2.59 bits per heavy atom. The highest BCUT2D eigenvalue weighted by atomic mass is 15.2. The average molecular weight is 303 g/mol. The molecular formula is C17H29N5. The predicted octanol–water partition coefficient (Wildman–Crippen LogP) is 1.71. The van der Waals surface area contributed by atoms with E-state index in [1.165, 1.54) is 37.8 Å². The highest BCUT2D eigenvalue weighted by molar-refractivity contribution is 5.79. The molecule has 5 nitrogen and oxygen atoms in total. The molecule has 2 aliphatic heterocycles. The third kappa shape index (κ3) is 3.29. The highest BCUT2D eigenvalue weighted by Gasteiger charge is 2.36. The molecule has 122 valence electrons. The van der Waals surface area contributed by atoms with Crippen LogP contribution in [-0.2, 0) is 13.6 Å². The number of nitrogens with one attached hydrogen (secondary N) is 2. The fourth-order valence-corrected chi connectivity index (χ4v) is 3.98. The van der Waals surface area contributed by atoms with Gasteiger partial charge in [-0.3, -0.25) is 4.99 Å². The van der Waals surface area contributed by atoms with Gasteiger partial charge < -0.3 is 20.1 Å². The van der Waals surface area contributed by atoms with Crippen LogP contribution in [0, 0.1) is 0 Å². The van der Waals surface area contributed by atoms with Gasteiger partial charge in [-0.15, -0.1) is 0 Å². The standard InChI is InChI=1S/C17H29N5/c1-18-17(19-12-16-8-5-9-21(16)2)20-13-10-14-6-4-7-15(11-13)22(14)3/h5,8-9,13-15H,4,6-7,10-12H2,1-3H3,(H2,18,19,20). The Hall–Kier alpha value is -1.49. The normalized spacial score (nSPS) is 29.4. The first-order valence-electron chi connectivity index (χ1n) is 8.46. The third-order valence-corrected chi connectivity index (χ3v) is 5.39. The summed E-state index contributed by atoms with van der Waals surface area (Å²) in [6, 6.07) is 6.25. The van der Waals surface area contributed by atoms with Gasteiger partial charge in [0.15, 0.2) is 5.96 Å². The summed E-state index contributed by atoms with van der Waals surface area (Å²) in [6.07, 6.45) is 8.63. The number of hydrogen-bond donors (Lipinski definition) is 2. The lowest BCUT2D eigenvalue weighted by Gasteiger charge is -2.47. The van der Waals surface area contributed by atoms with Crippen molar-refractivity contribution in [1.82, 2.24) is 20.1 Å². The number of hydrogen-bond acceptors (Lipinski definition) is 2. The topological polar surface area (TPSA) is 44.6 Å². The Morgan fingerprint density at radius 2 is 2.00 bits per heavy atom. The number of rotatable bonds is 3. The van der Waals surface area contributed by atoms with Gasteiger partial charge in [-0.2, -0.15) is 0 Å². The summed E-state index contributed by atoms with van der Waals surface area (Å²) in [5.41, 5.74) is 1.27. The van der Waals surface area contributed by atoms with Crippen molar-refractivity contribution in [2.45, 2.75) is 56.8 Å². The molecule has 2 N–H and O–H groups in total. The van der Waals surface area contributed by atoms with E-state index in [2.05, 4.69) is 57.5 Å². The number of fused-ring (bicyclic) bond motifs is 2. The van der Waals surface area contributed by atoms with Gasteiger partial charge >= 0.3 is 0 Å². The van der Waals surface area contributed by atoms with E-state index in [9.17, 15) is 0 Å². The summed E-state index contributed by atoms with van der Waals surface area (Å²) in [6.45, 7) is 0.808. The molecule has 0 spiro atoms. The monoisotopic (exact) mass is 303 g/mol. The SMILES string of the molecule is CN=C(NCc1cccn1C)NC1CC2CCCC(C1)N2C. The van der Waals surface area contributed by atoms with Gasteiger partial charge in [0, 0.05) is 44.1 Å². The van der Waals surface area contributed by atoms with Crippen LogP contribution in [0.3, 0.4) is 0 Å². The van der Waals surface area contributed by atoms with Gasteiger partial charge in [0.2, 0.25) is 0 Å². The summed E-state index contributed by atoms with van der Waals surface area (Å²) in [4.78, 5) is 6.99. The lowest BCUT2D eigenvalue weighted by molar-refractivity contribution is 0.0526. The molecule has 2 bridgehead atoms. The lowest BCUT2D eigenvalue weighted by Crippen LogP contribution is -2.56. The van der Waals surface area contributed by atoms with Crippen molar-refractivity contribution in [3.8, 4) is 0 Å². The van der Waals surface area contributed by atoms with Crippen molar-refractivity contribution in [2.75, 3.05) is 14.1 Å². The molecule has 1 aromatic heterocycles. The minimum absolute atomic E-state index is 0.547. The Balaban J connectivity index is 1.54. The van der Waals surface area contributed by atoms with Crippen molar-refractivity contribution in [3.63, 3.8) is 0 Å². The van der Waals surface area contributed by atoms with E-state index >= 15 is 0 Å². The molecular weight excluding hydrogens is 274 g/mol. The molecule has 0 radical (unpaired) electrons. The van der Waals surface area contributed by atoms with Crippen LogP contribution in [0.1, 0.15) is 37.8 Å². The minimum atomic E-state index is 0.547. The van der Waals surface area contributed by atoms with Crippen LogP contribution < -0.4 is 10.6 Å². The van der Waals surface area contributed by atoms with Crippen LogP contribution in [-0.4, -0.2) is 47.6 Å². The van der Waals surface area contributed by atoms with Crippen LogP contribution in [0.5, 0.6) is 0 Å². The first kappa shape index (κ1) is 15.4. The number of aliphatic imine (C=N–C) groups is 1. The van der Waals surface area contributed by atoms with Crippen LogP contribution in [0.2, 0.25) is 0 Å². The molecule has 5 heteroatoms. The zero-order chi connectivity index (χ0) is 15.5. The number of aryl methyl sites for hydroxylation is 1. The van der Waals surface area contributed by atoms with Crippen LogP contribution in [0.15, 0.2) is 23.3 Å². The van der Waals surface area contributed by atoms with Crippen molar-refractivity contribution in [3.05, 3.63) is 24.0 Å². The summed E-state index contributed by atoms with van der Waals surface area (Å²) in [5.74, 6) is 0.925. The molecule has 22 heavy (non-hydrogen) atoms. The molecule has 2 saturated heterocycles. The van der Waals surface area contributed by atoms with E-state index in [1.807, 2.05) is 7.05 Å². The molecule has 0 amide bonds. The van der Waals surface area contributed by atoms with Crippen LogP contribution in [0.4, 0.5) is 0 Å². The van der Waals surface area contributed by atoms with Gasteiger partial charge in [-0.1, -0.05) is 6.42 Å². The quantitative estimate of drug-likeness (QED) is 0.660. The second kappa shape index (κ2) is 6.73. The molecule has 2 atom stereocenters. The van der Waals surface area contributed by atoms with Gasteiger partial charge in [-0.25, -0.2) is 0 Å². The maximum Gasteiger partial charge on any atom is 0.191 e. The van der Waals surface area contributed by atoms with E-state index in [0.717, 1.165) is 24.6 Å². The number of piperidine rings is 2. The average Bonchev–Trinajstić information content (AvgIpc) is 2.89. The third-order valence-electron chi connectivity index (χ3n) is 5.39. The Labute approximate surface area is 133 Å². The van der Waals surface area contributed by atoms with E-state index in [1.54, 1.807) is 0 Å². The predicted molar refractivity (Wildman–Crippen MR) is 91.0 cm³/mol. The Morgan fingerprint density at radius 1 is 1.27 bits per heavy atom. The van der Waals surface area contributed by atoms with Gasteiger partial charge in [0.25, 0.3) is 0 Å². The second-order valence-electron chi connectivity index (χ2n) is 6.75. The number of nitrogens with zero attached hydrogens (tertiary/aromatic N) is 3. The number of aromatic nitrogens is 1. The largest absolute Gasteiger partial charge is 0.354 e. The van der Waals surface area contributed by atoms with Crippen molar-refractivity contribution in [2.24, 2.45) is 12.0 Å². The van der Waals surface area contributed by atoms with E-state index < -0.39 is 0 Å². The summed E-state index contributed by atoms with van der Waals surface area (Å²) in [7, 11) is 6.23. The molecule has 0 aromatic carbocycles. The molecule has 0 aliphatic carbocycles. The summed E-state index contributed by atoms with van der Waals surface area (Å²) in [5, 5.41) is 7.08. The minimum Gasteiger partial charge on any atom is -0.354 e. The first-order chi connectivity index (χ1) is 10.7. The fourth-order valence-electron chi connectivity index (χ4n) is 3.98. The van der Waals surface area contributed by atoms with Crippen molar-refractivity contribution < 1.29 is 0 Å². The number of guanidine groups is 1. The van der Waals surface area contributed by atoms with Crippen molar-refractivity contribution in [1.29, 1.82) is 0 Å². The smallest absolute Gasteiger partial charge is 0.191 e. The molecule has 2 aliphatic rings. The maximum absolute atomic E-state index is 4.40. The first-order valence-corrected chi connectivity index (χ1v) is 8.46.